The molecule has 1 aromatic carbocycles. The summed E-state index contributed by atoms with van der Waals surface area (Å²) in [4.78, 5) is 11.6. The first kappa shape index (κ1) is 16.1. The third-order valence-corrected chi connectivity index (χ3v) is 5.09. The van der Waals surface area contributed by atoms with Gasteiger partial charge in [0, 0.05) is 24.7 Å². The molecule has 1 aromatic heterocycles. The van der Waals surface area contributed by atoms with E-state index >= 15 is 0 Å². The average Bonchev–Trinajstić information content (AvgIpc) is 2.44. The number of sulfone groups is 1. The van der Waals surface area contributed by atoms with Gasteiger partial charge in [-0.15, -0.1) is 0 Å². The second-order valence-corrected chi connectivity index (χ2v) is 8.24. The predicted molar refractivity (Wildman–Crippen MR) is 89.6 cm³/mol. The van der Waals surface area contributed by atoms with Gasteiger partial charge >= 0.3 is 0 Å². The standard InChI is InChI=1S/C16H21N3O3S/c1-10-8-19(9-11(2)22-10)16-17-12(3)14-6-5-13(23(4,20)21)7-15(14)18-16/h5-7,10-11H,8-9H2,1-4H3/t10-,11+. The van der Waals surface area contributed by atoms with Crippen LogP contribution >= 0.6 is 0 Å². The highest BCUT2D eigenvalue weighted by Gasteiger charge is 2.24. The van der Waals surface area contributed by atoms with Crippen molar-refractivity contribution in [3.8, 4) is 0 Å². The number of nitrogens with zero attached hydrogens (tertiary/aromatic N) is 3. The smallest absolute Gasteiger partial charge is 0.226 e. The molecule has 0 N–H and O–H groups in total. The minimum Gasteiger partial charge on any atom is -0.372 e. The molecule has 0 bridgehead atoms. The number of rotatable bonds is 2. The van der Waals surface area contributed by atoms with Crippen LogP contribution < -0.4 is 4.90 Å². The summed E-state index contributed by atoms with van der Waals surface area (Å²) in [5, 5.41) is 0.871. The summed E-state index contributed by atoms with van der Waals surface area (Å²) in [5.41, 5.74) is 1.50. The Balaban J connectivity index is 2.08. The quantitative estimate of drug-likeness (QED) is 0.835. The van der Waals surface area contributed by atoms with E-state index in [1.165, 1.54) is 6.26 Å². The average molecular weight is 335 g/mol. The van der Waals surface area contributed by atoms with E-state index in [9.17, 15) is 8.42 Å². The van der Waals surface area contributed by atoms with Crippen molar-refractivity contribution in [1.29, 1.82) is 0 Å². The molecule has 0 amide bonds. The fourth-order valence-corrected chi connectivity index (χ4v) is 3.61. The maximum absolute atomic E-state index is 11.8. The second kappa shape index (κ2) is 5.72. The van der Waals surface area contributed by atoms with Crippen LogP contribution in [-0.4, -0.2) is 49.9 Å². The topological polar surface area (TPSA) is 72.4 Å². The van der Waals surface area contributed by atoms with Crippen LogP contribution in [0.2, 0.25) is 0 Å². The van der Waals surface area contributed by atoms with E-state index in [0.29, 0.717) is 11.5 Å². The van der Waals surface area contributed by atoms with E-state index in [1.54, 1.807) is 18.2 Å². The largest absolute Gasteiger partial charge is 0.372 e. The zero-order chi connectivity index (χ0) is 16.8. The minimum absolute atomic E-state index is 0.112. The number of aryl methyl sites for hydroxylation is 1. The van der Waals surface area contributed by atoms with Gasteiger partial charge in [-0.3, -0.25) is 0 Å². The maximum Gasteiger partial charge on any atom is 0.226 e. The summed E-state index contributed by atoms with van der Waals surface area (Å²) in [5.74, 6) is 0.627. The van der Waals surface area contributed by atoms with Crippen LogP contribution in [0, 0.1) is 6.92 Å². The summed E-state index contributed by atoms with van der Waals surface area (Å²) < 4.78 is 29.3. The van der Waals surface area contributed by atoms with Crippen LogP contribution in [0.5, 0.6) is 0 Å². The highest BCUT2D eigenvalue weighted by molar-refractivity contribution is 7.90. The fraction of sp³-hybridized carbons (Fsp3) is 0.500. The molecule has 124 valence electrons. The lowest BCUT2D eigenvalue weighted by Gasteiger charge is -2.35. The number of fused-ring (bicyclic) bond motifs is 1. The Bertz CT molecular complexity index is 841. The lowest BCUT2D eigenvalue weighted by molar-refractivity contribution is -0.00571. The highest BCUT2D eigenvalue weighted by atomic mass is 32.2. The second-order valence-electron chi connectivity index (χ2n) is 6.22. The third-order valence-electron chi connectivity index (χ3n) is 3.98. The van der Waals surface area contributed by atoms with Crippen LogP contribution in [0.3, 0.4) is 0 Å². The SMILES string of the molecule is Cc1nc(N2C[C@@H](C)O[C@@H](C)C2)nc2cc(S(C)(=O)=O)ccc12. The zero-order valence-electron chi connectivity index (χ0n) is 13.8. The van der Waals surface area contributed by atoms with Gasteiger partial charge in [0.2, 0.25) is 5.95 Å². The van der Waals surface area contributed by atoms with Crippen molar-refractivity contribution in [2.45, 2.75) is 37.9 Å². The number of aromatic nitrogens is 2. The van der Waals surface area contributed by atoms with E-state index in [1.807, 2.05) is 20.8 Å². The third kappa shape index (κ3) is 3.30. The Morgan fingerprint density at radius 1 is 1.17 bits per heavy atom. The molecule has 2 heterocycles. The molecule has 23 heavy (non-hydrogen) atoms. The molecular weight excluding hydrogens is 314 g/mol. The first-order valence-electron chi connectivity index (χ1n) is 7.63. The molecule has 1 fully saturated rings. The van der Waals surface area contributed by atoms with Gasteiger partial charge in [-0.1, -0.05) is 0 Å². The Morgan fingerprint density at radius 2 is 1.83 bits per heavy atom. The van der Waals surface area contributed by atoms with Gasteiger partial charge in [0.05, 0.1) is 28.3 Å². The first-order chi connectivity index (χ1) is 10.7. The molecule has 1 aliphatic heterocycles. The maximum atomic E-state index is 11.8. The molecule has 0 spiro atoms. The van der Waals surface area contributed by atoms with Gasteiger partial charge in [-0.05, 0) is 39.0 Å². The van der Waals surface area contributed by atoms with E-state index in [2.05, 4.69) is 14.9 Å². The number of ether oxygens (including phenoxy) is 1. The summed E-state index contributed by atoms with van der Waals surface area (Å²) in [7, 11) is -3.26. The molecule has 0 radical (unpaired) electrons. The molecule has 2 aromatic rings. The monoisotopic (exact) mass is 335 g/mol. The van der Waals surface area contributed by atoms with Crippen molar-refractivity contribution in [3.63, 3.8) is 0 Å². The molecule has 0 aliphatic carbocycles. The molecule has 6 nitrogen and oxygen atoms in total. The van der Waals surface area contributed by atoms with Gasteiger partial charge in [0.1, 0.15) is 0 Å². The summed E-state index contributed by atoms with van der Waals surface area (Å²) in [6, 6.07) is 5.00. The zero-order valence-corrected chi connectivity index (χ0v) is 14.6. The van der Waals surface area contributed by atoms with E-state index in [-0.39, 0.29) is 17.1 Å². The lowest BCUT2D eigenvalue weighted by atomic mass is 10.2. The van der Waals surface area contributed by atoms with Crippen molar-refractivity contribution in [3.05, 3.63) is 23.9 Å². The first-order valence-corrected chi connectivity index (χ1v) is 9.52. The molecule has 7 heteroatoms. The molecule has 0 unspecified atom stereocenters. The summed E-state index contributed by atoms with van der Waals surface area (Å²) in [6.07, 6.45) is 1.43. The van der Waals surface area contributed by atoms with Gasteiger partial charge in [-0.25, -0.2) is 18.4 Å². The molecule has 1 saturated heterocycles. The fourth-order valence-electron chi connectivity index (χ4n) is 2.97. The van der Waals surface area contributed by atoms with Crippen LogP contribution in [0.1, 0.15) is 19.5 Å². The Kier molecular flexibility index (Phi) is 4.01. The molecule has 3 rings (SSSR count). The van der Waals surface area contributed by atoms with Gasteiger partial charge < -0.3 is 9.64 Å². The number of hydrogen-bond donors (Lipinski definition) is 0. The highest BCUT2D eigenvalue weighted by Crippen LogP contribution is 2.24. The van der Waals surface area contributed by atoms with Crippen LogP contribution in [0.25, 0.3) is 10.9 Å². The Morgan fingerprint density at radius 3 is 2.43 bits per heavy atom. The molecule has 2 atom stereocenters. The number of morpholine rings is 1. The van der Waals surface area contributed by atoms with E-state index < -0.39 is 9.84 Å². The van der Waals surface area contributed by atoms with Gasteiger partial charge in [0.15, 0.2) is 9.84 Å². The Labute approximate surface area is 136 Å². The van der Waals surface area contributed by atoms with Crippen molar-refractivity contribution in [1.82, 2.24) is 9.97 Å². The number of benzene rings is 1. The summed E-state index contributed by atoms with van der Waals surface area (Å²) >= 11 is 0. The van der Waals surface area contributed by atoms with Crippen molar-refractivity contribution < 1.29 is 13.2 Å². The van der Waals surface area contributed by atoms with Crippen LogP contribution in [0.4, 0.5) is 5.95 Å². The molecule has 0 saturated carbocycles. The predicted octanol–water partition coefficient (Wildman–Crippen LogP) is 1.96. The Hall–Kier alpha value is -1.73. The summed E-state index contributed by atoms with van der Waals surface area (Å²) in [6.45, 7) is 7.42. The normalized spacial score (nSPS) is 22.5. The lowest BCUT2D eigenvalue weighted by Crippen LogP contribution is -2.46. The van der Waals surface area contributed by atoms with E-state index in [0.717, 1.165) is 24.2 Å². The van der Waals surface area contributed by atoms with E-state index in [4.69, 9.17) is 4.74 Å². The van der Waals surface area contributed by atoms with Gasteiger partial charge in [-0.2, -0.15) is 0 Å². The molecular formula is C16H21N3O3S. The van der Waals surface area contributed by atoms with Crippen LogP contribution in [-0.2, 0) is 14.6 Å². The number of anilines is 1. The van der Waals surface area contributed by atoms with Gasteiger partial charge in [0.25, 0.3) is 0 Å². The van der Waals surface area contributed by atoms with Crippen molar-refractivity contribution in [2.24, 2.45) is 0 Å². The number of hydrogen-bond acceptors (Lipinski definition) is 6. The minimum atomic E-state index is -3.26. The van der Waals surface area contributed by atoms with Crippen molar-refractivity contribution in [2.75, 3.05) is 24.2 Å². The molecule has 1 aliphatic rings. The van der Waals surface area contributed by atoms with Crippen LogP contribution in [0.15, 0.2) is 23.1 Å². The van der Waals surface area contributed by atoms with Crippen molar-refractivity contribution >= 4 is 26.7 Å².